The molecular formula is C18H27N. The minimum absolute atomic E-state index is 0.471. The third kappa shape index (κ3) is 4.73. The predicted molar refractivity (Wildman–Crippen MR) is 84.2 cm³/mol. The summed E-state index contributed by atoms with van der Waals surface area (Å²) < 4.78 is 0. The van der Waals surface area contributed by atoms with Crippen LogP contribution in [-0.2, 0) is 0 Å². The van der Waals surface area contributed by atoms with Gasteiger partial charge in [-0.05, 0) is 24.4 Å². The maximum Gasteiger partial charge on any atom is 0.0147 e. The van der Waals surface area contributed by atoms with Crippen molar-refractivity contribution in [2.24, 2.45) is 5.92 Å². The molecule has 1 nitrogen and oxygen atoms in total. The summed E-state index contributed by atoms with van der Waals surface area (Å²) in [5.74, 6) is 3.98. The van der Waals surface area contributed by atoms with Crippen molar-refractivity contribution in [2.75, 3.05) is 6.54 Å². The van der Waals surface area contributed by atoms with Crippen LogP contribution < -0.4 is 5.32 Å². The molecule has 0 fully saturated rings. The van der Waals surface area contributed by atoms with Crippen molar-refractivity contribution in [1.29, 1.82) is 0 Å². The Balaban J connectivity index is 2.96. The van der Waals surface area contributed by atoms with E-state index in [0.717, 1.165) is 19.4 Å². The van der Waals surface area contributed by atoms with Crippen LogP contribution in [0.1, 0.15) is 51.5 Å². The first kappa shape index (κ1) is 15.8. The summed E-state index contributed by atoms with van der Waals surface area (Å²) in [5.41, 5.74) is 1.43. The SMILES string of the molecule is C#CCCC(NCC)C(c1ccccc1)C(C)CC. The first-order valence-corrected chi connectivity index (χ1v) is 7.46. The smallest absolute Gasteiger partial charge is 0.0147 e. The number of hydrogen-bond acceptors (Lipinski definition) is 1. The van der Waals surface area contributed by atoms with Crippen LogP contribution in [0, 0.1) is 18.3 Å². The zero-order chi connectivity index (χ0) is 14.1. The van der Waals surface area contributed by atoms with Crippen molar-refractivity contribution in [3.05, 3.63) is 35.9 Å². The standard InChI is InChI=1S/C18H27N/c1-5-8-14-17(19-7-3)18(15(4)6-2)16-12-10-9-11-13-16/h1,9-13,15,17-19H,6-8,14H2,2-4H3. The number of rotatable bonds is 8. The van der Waals surface area contributed by atoms with Gasteiger partial charge >= 0.3 is 0 Å². The van der Waals surface area contributed by atoms with Crippen LogP contribution in [0.25, 0.3) is 0 Å². The zero-order valence-electron chi connectivity index (χ0n) is 12.5. The molecule has 0 radical (unpaired) electrons. The normalized spacial score (nSPS) is 15.5. The molecule has 104 valence electrons. The van der Waals surface area contributed by atoms with Gasteiger partial charge in [0.25, 0.3) is 0 Å². The lowest BCUT2D eigenvalue weighted by molar-refractivity contribution is 0.326. The van der Waals surface area contributed by atoms with E-state index in [1.807, 2.05) is 0 Å². The fourth-order valence-corrected chi connectivity index (χ4v) is 2.80. The average Bonchev–Trinajstić information content (AvgIpc) is 2.46. The maximum atomic E-state index is 5.44. The lowest BCUT2D eigenvalue weighted by Gasteiger charge is -2.32. The number of terminal acetylenes is 1. The molecule has 19 heavy (non-hydrogen) atoms. The summed E-state index contributed by atoms with van der Waals surface area (Å²) in [4.78, 5) is 0. The summed E-state index contributed by atoms with van der Waals surface area (Å²) >= 11 is 0. The molecule has 0 saturated heterocycles. The van der Waals surface area contributed by atoms with E-state index < -0.39 is 0 Å². The van der Waals surface area contributed by atoms with Crippen LogP contribution in [0.3, 0.4) is 0 Å². The van der Waals surface area contributed by atoms with Crippen molar-refractivity contribution in [3.8, 4) is 12.3 Å². The van der Waals surface area contributed by atoms with Gasteiger partial charge in [0.15, 0.2) is 0 Å². The van der Waals surface area contributed by atoms with E-state index in [0.29, 0.717) is 17.9 Å². The van der Waals surface area contributed by atoms with Crippen molar-refractivity contribution in [3.63, 3.8) is 0 Å². The quantitative estimate of drug-likeness (QED) is 0.688. The van der Waals surface area contributed by atoms with Gasteiger partial charge in [-0.1, -0.05) is 57.5 Å². The van der Waals surface area contributed by atoms with E-state index in [9.17, 15) is 0 Å². The largest absolute Gasteiger partial charge is 0.314 e. The van der Waals surface area contributed by atoms with Crippen LogP contribution in [0.4, 0.5) is 0 Å². The second-order valence-electron chi connectivity index (χ2n) is 5.23. The van der Waals surface area contributed by atoms with Crippen LogP contribution >= 0.6 is 0 Å². The van der Waals surface area contributed by atoms with Crippen LogP contribution in [0.5, 0.6) is 0 Å². The van der Waals surface area contributed by atoms with Gasteiger partial charge in [0.2, 0.25) is 0 Å². The molecule has 1 N–H and O–H groups in total. The predicted octanol–water partition coefficient (Wildman–Crippen LogP) is 4.21. The summed E-state index contributed by atoms with van der Waals surface area (Å²) in [6, 6.07) is 11.3. The van der Waals surface area contributed by atoms with E-state index in [2.05, 4.69) is 62.3 Å². The van der Waals surface area contributed by atoms with Gasteiger partial charge in [0, 0.05) is 18.4 Å². The molecule has 3 unspecified atom stereocenters. The Hall–Kier alpha value is -1.26. The fraction of sp³-hybridized carbons (Fsp3) is 0.556. The highest BCUT2D eigenvalue weighted by molar-refractivity contribution is 5.22. The highest BCUT2D eigenvalue weighted by atomic mass is 14.9. The first-order valence-electron chi connectivity index (χ1n) is 7.46. The van der Waals surface area contributed by atoms with Gasteiger partial charge in [-0.3, -0.25) is 0 Å². The average molecular weight is 257 g/mol. The highest BCUT2D eigenvalue weighted by Gasteiger charge is 2.26. The first-order chi connectivity index (χ1) is 9.24. The van der Waals surface area contributed by atoms with Gasteiger partial charge in [-0.15, -0.1) is 12.3 Å². The number of nitrogens with one attached hydrogen (secondary N) is 1. The molecule has 1 rings (SSSR count). The van der Waals surface area contributed by atoms with Gasteiger partial charge in [-0.25, -0.2) is 0 Å². The molecule has 1 aromatic rings. The highest BCUT2D eigenvalue weighted by Crippen LogP contribution is 2.32. The van der Waals surface area contributed by atoms with Crippen molar-refractivity contribution < 1.29 is 0 Å². The Morgan fingerprint density at radius 1 is 1.21 bits per heavy atom. The Bertz CT molecular complexity index is 376. The van der Waals surface area contributed by atoms with E-state index in [1.165, 1.54) is 12.0 Å². The van der Waals surface area contributed by atoms with Gasteiger partial charge < -0.3 is 5.32 Å². The maximum absolute atomic E-state index is 5.44. The molecule has 0 spiro atoms. The van der Waals surface area contributed by atoms with E-state index in [1.54, 1.807) is 0 Å². The third-order valence-electron chi connectivity index (χ3n) is 3.94. The van der Waals surface area contributed by atoms with Crippen molar-refractivity contribution >= 4 is 0 Å². The molecule has 1 aromatic carbocycles. The molecule has 0 aliphatic carbocycles. The molecule has 0 aliphatic rings. The van der Waals surface area contributed by atoms with Gasteiger partial charge in [0.1, 0.15) is 0 Å². The number of hydrogen-bond donors (Lipinski definition) is 1. The topological polar surface area (TPSA) is 12.0 Å². The van der Waals surface area contributed by atoms with Gasteiger partial charge in [0.05, 0.1) is 0 Å². The van der Waals surface area contributed by atoms with Crippen LogP contribution in [0.2, 0.25) is 0 Å². The fourth-order valence-electron chi connectivity index (χ4n) is 2.80. The van der Waals surface area contributed by atoms with Crippen molar-refractivity contribution in [1.82, 2.24) is 5.32 Å². The van der Waals surface area contributed by atoms with Gasteiger partial charge in [-0.2, -0.15) is 0 Å². The van der Waals surface area contributed by atoms with Crippen LogP contribution in [0.15, 0.2) is 30.3 Å². The monoisotopic (exact) mass is 257 g/mol. The van der Waals surface area contributed by atoms with Crippen molar-refractivity contribution in [2.45, 2.75) is 52.0 Å². The summed E-state index contributed by atoms with van der Waals surface area (Å²) in [7, 11) is 0. The van der Waals surface area contributed by atoms with E-state index in [4.69, 9.17) is 6.42 Å². The Kier molecular flexibility index (Phi) is 7.30. The molecule has 3 atom stereocenters. The third-order valence-corrected chi connectivity index (χ3v) is 3.94. The molecule has 1 heteroatoms. The van der Waals surface area contributed by atoms with E-state index >= 15 is 0 Å². The molecule has 0 aliphatic heterocycles. The molecule has 0 aromatic heterocycles. The summed E-state index contributed by atoms with van der Waals surface area (Å²) in [6.45, 7) is 7.78. The second-order valence-corrected chi connectivity index (χ2v) is 5.23. The molecule has 0 amide bonds. The Labute approximate surface area is 118 Å². The van der Waals surface area contributed by atoms with Crippen LogP contribution in [-0.4, -0.2) is 12.6 Å². The minimum atomic E-state index is 0.471. The Morgan fingerprint density at radius 3 is 2.42 bits per heavy atom. The number of likely N-dealkylation sites (N-methyl/N-ethyl adjacent to an activating group) is 1. The second kappa shape index (κ2) is 8.77. The number of benzene rings is 1. The summed E-state index contributed by atoms with van der Waals surface area (Å²) in [6.07, 6.45) is 8.53. The molecule has 0 bridgehead atoms. The Morgan fingerprint density at radius 2 is 1.89 bits per heavy atom. The molecular weight excluding hydrogens is 230 g/mol. The lowest BCUT2D eigenvalue weighted by atomic mass is 9.78. The zero-order valence-corrected chi connectivity index (χ0v) is 12.5. The molecule has 0 heterocycles. The lowest BCUT2D eigenvalue weighted by Crippen LogP contribution is -2.37. The van der Waals surface area contributed by atoms with E-state index in [-0.39, 0.29) is 0 Å². The summed E-state index contributed by atoms with van der Waals surface area (Å²) in [5, 5.41) is 3.64. The minimum Gasteiger partial charge on any atom is -0.314 e. The molecule has 0 saturated carbocycles.